The van der Waals surface area contributed by atoms with E-state index in [9.17, 15) is 0 Å². The zero-order chi connectivity index (χ0) is 12.5. The van der Waals surface area contributed by atoms with Crippen molar-refractivity contribution in [3.8, 4) is 0 Å². The number of nitrogens with zero attached hydrogens (tertiary/aromatic N) is 2. The molecule has 2 heterocycles. The van der Waals surface area contributed by atoms with E-state index < -0.39 is 0 Å². The summed E-state index contributed by atoms with van der Waals surface area (Å²) < 4.78 is 2.34. The van der Waals surface area contributed by atoms with Crippen molar-refractivity contribution in [3.05, 3.63) is 52.6 Å². The zero-order valence-corrected chi connectivity index (χ0v) is 11.3. The van der Waals surface area contributed by atoms with Crippen LogP contribution >= 0.6 is 11.6 Å². The third kappa shape index (κ3) is 2.30. The standard InChI is InChI=1S/C15H17ClN2/c1-11-4-2-7-15-17-14(10-18(11)15)9-12-5-3-6-13(16)8-12/h3,5-6,8,10-11H,2,4,7,9H2,1H3. The monoisotopic (exact) mass is 260 g/mol. The highest BCUT2D eigenvalue weighted by Gasteiger charge is 2.17. The molecule has 0 radical (unpaired) electrons. The first-order valence-electron chi connectivity index (χ1n) is 6.53. The van der Waals surface area contributed by atoms with Gasteiger partial charge in [-0.1, -0.05) is 23.7 Å². The summed E-state index contributed by atoms with van der Waals surface area (Å²) in [5, 5.41) is 0.796. The number of benzene rings is 1. The zero-order valence-electron chi connectivity index (χ0n) is 10.6. The Bertz CT molecular complexity index is 559. The second kappa shape index (κ2) is 4.77. The molecule has 0 spiro atoms. The van der Waals surface area contributed by atoms with Crippen LogP contribution in [0.15, 0.2) is 30.5 Å². The molecule has 1 atom stereocenters. The summed E-state index contributed by atoms with van der Waals surface area (Å²) in [6.07, 6.45) is 6.71. The smallest absolute Gasteiger partial charge is 0.109 e. The number of aryl methyl sites for hydroxylation is 1. The van der Waals surface area contributed by atoms with E-state index in [0.717, 1.165) is 23.6 Å². The van der Waals surface area contributed by atoms with Gasteiger partial charge in [0.2, 0.25) is 0 Å². The van der Waals surface area contributed by atoms with Gasteiger partial charge in [-0.25, -0.2) is 4.98 Å². The van der Waals surface area contributed by atoms with Crippen LogP contribution in [0.1, 0.15) is 42.9 Å². The van der Waals surface area contributed by atoms with Gasteiger partial charge < -0.3 is 4.57 Å². The highest BCUT2D eigenvalue weighted by molar-refractivity contribution is 6.30. The van der Waals surface area contributed by atoms with Crippen LogP contribution in [0.25, 0.3) is 0 Å². The fourth-order valence-corrected chi connectivity index (χ4v) is 2.90. The van der Waals surface area contributed by atoms with Gasteiger partial charge in [-0.05, 0) is 37.5 Å². The van der Waals surface area contributed by atoms with Gasteiger partial charge in [-0.3, -0.25) is 0 Å². The number of fused-ring (bicyclic) bond motifs is 1. The van der Waals surface area contributed by atoms with E-state index >= 15 is 0 Å². The average molecular weight is 261 g/mol. The van der Waals surface area contributed by atoms with E-state index in [1.54, 1.807) is 0 Å². The summed E-state index contributed by atoms with van der Waals surface area (Å²) in [7, 11) is 0. The second-order valence-corrected chi connectivity index (χ2v) is 5.54. The molecule has 1 aromatic carbocycles. The first-order valence-corrected chi connectivity index (χ1v) is 6.91. The minimum Gasteiger partial charge on any atom is -0.332 e. The lowest BCUT2D eigenvalue weighted by Crippen LogP contribution is -2.14. The molecule has 0 bridgehead atoms. The fourth-order valence-electron chi connectivity index (χ4n) is 2.69. The third-order valence-electron chi connectivity index (χ3n) is 3.63. The van der Waals surface area contributed by atoms with E-state index in [2.05, 4.69) is 23.8 Å². The molecule has 0 amide bonds. The number of hydrogen-bond acceptors (Lipinski definition) is 1. The highest BCUT2D eigenvalue weighted by Crippen LogP contribution is 2.25. The Kier molecular flexibility index (Phi) is 3.13. The maximum atomic E-state index is 6.01. The summed E-state index contributed by atoms with van der Waals surface area (Å²) >= 11 is 6.01. The summed E-state index contributed by atoms with van der Waals surface area (Å²) in [6.45, 7) is 2.27. The van der Waals surface area contributed by atoms with Crippen LogP contribution < -0.4 is 0 Å². The van der Waals surface area contributed by atoms with Crippen LogP contribution in [0, 0.1) is 0 Å². The molecule has 2 nitrogen and oxygen atoms in total. The van der Waals surface area contributed by atoms with Crippen LogP contribution in [0.2, 0.25) is 5.02 Å². The first-order chi connectivity index (χ1) is 8.72. The normalized spacial score (nSPS) is 18.7. The van der Waals surface area contributed by atoms with Gasteiger partial charge in [0.1, 0.15) is 5.82 Å². The molecule has 1 unspecified atom stereocenters. The van der Waals surface area contributed by atoms with Crippen molar-refractivity contribution in [3.63, 3.8) is 0 Å². The van der Waals surface area contributed by atoms with Crippen LogP contribution in [0.4, 0.5) is 0 Å². The molecule has 3 rings (SSSR count). The van der Waals surface area contributed by atoms with E-state index in [-0.39, 0.29) is 0 Å². The average Bonchev–Trinajstić information content (AvgIpc) is 2.73. The largest absolute Gasteiger partial charge is 0.332 e. The molecule has 0 saturated carbocycles. The van der Waals surface area contributed by atoms with E-state index in [4.69, 9.17) is 16.6 Å². The predicted octanol–water partition coefficient (Wildman–Crippen LogP) is 4.02. The minimum absolute atomic E-state index is 0.592. The quantitative estimate of drug-likeness (QED) is 0.797. The van der Waals surface area contributed by atoms with Crippen molar-refractivity contribution in [2.75, 3.05) is 0 Å². The van der Waals surface area contributed by atoms with Gasteiger partial charge in [-0.2, -0.15) is 0 Å². The number of rotatable bonds is 2. The van der Waals surface area contributed by atoms with Crippen LogP contribution in [-0.2, 0) is 12.8 Å². The highest BCUT2D eigenvalue weighted by atomic mass is 35.5. The molecule has 0 aliphatic carbocycles. The van der Waals surface area contributed by atoms with E-state index in [1.807, 2.05) is 18.2 Å². The first kappa shape index (κ1) is 11.8. The van der Waals surface area contributed by atoms with Gasteiger partial charge in [-0.15, -0.1) is 0 Å². The Morgan fingerprint density at radius 1 is 1.44 bits per heavy atom. The lowest BCUT2D eigenvalue weighted by Gasteiger charge is -2.20. The minimum atomic E-state index is 0.592. The molecule has 18 heavy (non-hydrogen) atoms. The van der Waals surface area contributed by atoms with Gasteiger partial charge in [0.15, 0.2) is 0 Å². The van der Waals surface area contributed by atoms with E-state index in [1.165, 1.54) is 24.2 Å². The second-order valence-electron chi connectivity index (χ2n) is 5.10. The molecule has 1 aromatic heterocycles. The van der Waals surface area contributed by atoms with Crippen molar-refractivity contribution < 1.29 is 0 Å². The molecule has 0 fully saturated rings. The van der Waals surface area contributed by atoms with E-state index in [0.29, 0.717) is 6.04 Å². The maximum absolute atomic E-state index is 6.01. The SMILES string of the molecule is CC1CCCc2nc(Cc3cccc(Cl)c3)cn21. The molecule has 1 aliphatic heterocycles. The van der Waals surface area contributed by atoms with Gasteiger partial charge in [0, 0.05) is 30.1 Å². The number of aromatic nitrogens is 2. The fraction of sp³-hybridized carbons (Fsp3) is 0.400. The molecule has 94 valence electrons. The Morgan fingerprint density at radius 2 is 2.33 bits per heavy atom. The molecule has 0 saturated heterocycles. The van der Waals surface area contributed by atoms with Crippen molar-refractivity contribution in [1.29, 1.82) is 0 Å². The Morgan fingerprint density at radius 3 is 3.11 bits per heavy atom. The summed E-state index contributed by atoms with van der Waals surface area (Å²) in [4.78, 5) is 4.75. The molecule has 3 heteroatoms. The van der Waals surface area contributed by atoms with Crippen molar-refractivity contribution in [1.82, 2.24) is 9.55 Å². The van der Waals surface area contributed by atoms with Gasteiger partial charge in [0.05, 0.1) is 5.69 Å². The number of imidazole rings is 1. The number of halogens is 1. The van der Waals surface area contributed by atoms with Crippen LogP contribution in [-0.4, -0.2) is 9.55 Å². The Labute approximate surface area is 113 Å². The van der Waals surface area contributed by atoms with Gasteiger partial charge >= 0.3 is 0 Å². The lowest BCUT2D eigenvalue weighted by atomic mass is 10.1. The Hall–Kier alpha value is -1.28. The maximum Gasteiger partial charge on any atom is 0.109 e. The summed E-state index contributed by atoms with van der Waals surface area (Å²) in [6, 6.07) is 8.62. The van der Waals surface area contributed by atoms with Crippen molar-refractivity contribution in [2.45, 2.75) is 38.6 Å². The van der Waals surface area contributed by atoms with Crippen LogP contribution in [0.3, 0.4) is 0 Å². The number of hydrogen-bond donors (Lipinski definition) is 0. The van der Waals surface area contributed by atoms with Gasteiger partial charge in [0.25, 0.3) is 0 Å². The Balaban J connectivity index is 1.85. The predicted molar refractivity (Wildman–Crippen MR) is 74.1 cm³/mol. The van der Waals surface area contributed by atoms with Crippen molar-refractivity contribution >= 4 is 11.6 Å². The molecule has 2 aromatic rings. The summed E-state index contributed by atoms with van der Waals surface area (Å²) in [5.74, 6) is 1.24. The summed E-state index contributed by atoms with van der Waals surface area (Å²) in [5.41, 5.74) is 2.38. The molecule has 1 aliphatic rings. The topological polar surface area (TPSA) is 17.8 Å². The molecular formula is C15H17ClN2. The molecular weight excluding hydrogens is 244 g/mol. The van der Waals surface area contributed by atoms with Crippen LogP contribution in [0.5, 0.6) is 0 Å². The molecule has 0 N–H and O–H groups in total. The lowest BCUT2D eigenvalue weighted by molar-refractivity contribution is 0.425. The van der Waals surface area contributed by atoms with Crippen molar-refractivity contribution in [2.24, 2.45) is 0 Å². The third-order valence-corrected chi connectivity index (χ3v) is 3.87.